The van der Waals surface area contributed by atoms with Gasteiger partial charge in [0.05, 0.1) is 6.42 Å². The van der Waals surface area contributed by atoms with Crippen LogP contribution in [0.5, 0.6) is 0 Å². The summed E-state index contributed by atoms with van der Waals surface area (Å²) in [5.41, 5.74) is 1.94. The van der Waals surface area contributed by atoms with Gasteiger partial charge in [-0.15, -0.1) is 0 Å². The van der Waals surface area contributed by atoms with Gasteiger partial charge in [-0.05, 0) is 25.0 Å². The molecule has 1 aliphatic carbocycles. The van der Waals surface area contributed by atoms with Gasteiger partial charge in [-0.3, -0.25) is 4.79 Å². The van der Waals surface area contributed by atoms with E-state index in [1.807, 2.05) is 11.0 Å². The highest BCUT2D eigenvalue weighted by atomic mass is 19.1. The first-order chi connectivity index (χ1) is 11.1. The second kappa shape index (κ2) is 5.01. The van der Waals surface area contributed by atoms with E-state index in [9.17, 15) is 9.18 Å². The number of carbonyl (C=O) groups is 1. The van der Waals surface area contributed by atoms with Gasteiger partial charge in [0.1, 0.15) is 18.0 Å². The van der Waals surface area contributed by atoms with Crippen LogP contribution in [0.3, 0.4) is 0 Å². The topological polar surface area (TPSA) is 66.3 Å². The summed E-state index contributed by atoms with van der Waals surface area (Å²) in [7, 11) is 0. The Labute approximate surface area is 132 Å². The van der Waals surface area contributed by atoms with E-state index in [4.69, 9.17) is 5.11 Å². The van der Waals surface area contributed by atoms with E-state index in [1.54, 1.807) is 6.07 Å². The summed E-state index contributed by atoms with van der Waals surface area (Å²) in [6, 6.07) is 5.08. The third-order valence-corrected chi connectivity index (χ3v) is 4.95. The number of carboxylic acids is 1. The number of hydrogen-bond acceptors (Lipinski definition) is 4. The minimum atomic E-state index is -0.932. The zero-order chi connectivity index (χ0) is 16.0. The summed E-state index contributed by atoms with van der Waals surface area (Å²) < 4.78 is 14.5. The van der Waals surface area contributed by atoms with Crippen LogP contribution >= 0.6 is 0 Å². The number of aromatic nitrogens is 2. The number of fused-ring (bicyclic) bond motifs is 2. The fraction of sp³-hybridized carbons (Fsp3) is 0.353. The Morgan fingerprint density at radius 3 is 2.91 bits per heavy atom. The number of anilines is 2. The molecule has 0 radical (unpaired) electrons. The van der Waals surface area contributed by atoms with Crippen LogP contribution in [-0.2, 0) is 16.6 Å². The standard InChI is InChI=1S/C17H16FN3O2/c18-12-3-1-4-13-15(12)17(5-2-6-17)9-21(13)16-11(7-14(22)23)8-19-10-20-16/h1,3-4,8,10H,2,5-7,9H2,(H,22,23). The molecule has 1 fully saturated rings. The molecule has 2 heterocycles. The molecule has 0 unspecified atom stereocenters. The molecule has 6 heteroatoms. The molecule has 1 spiro atoms. The minimum Gasteiger partial charge on any atom is -0.481 e. The molecule has 4 rings (SSSR count). The van der Waals surface area contributed by atoms with Gasteiger partial charge < -0.3 is 10.0 Å². The molecule has 1 aromatic carbocycles. The lowest BCUT2D eigenvalue weighted by Gasteiger charge is -2.39. The van der Waals surface area contributed by atoms with Crippen molar-refractivity contribution in [3.63, 3.8) is 0 Å². The average molecular weight is 313 g/mol. The molecule has 23 heavy (non-hydrogen) atoms. The van der Waals surface area contributed by atoms with E-state index < -0.39 is 5.97 Å². The Morgan fingerprint density at radius 2 is 2.22 bits per heavy atom. The van der Waals surface area contributed by atoms with Crippen LogP contribution < -0.4 is 4.90 Å². The maximum absolute atomic E-state index is 14.5. The van der Waals surface area contributed by atoms with Crippen molar-refractivity contribution in [2.24, 2.45) is 0 Å². The van der Waals surface area contributed by atoms with E-state index in [0.717, 1.165) is 30.5 Å². The maximum atomic E-state index is 14.5. The number of hydrogen-bond donors (Lipinski definition) is 1. The zero-order valence-electron chi connectivity index (χ0n) is 12.5. The third kappa shape index (κ3) is 2.09. The summed E-state index contributed by atoms with van der Waals surface area (Å²) in [5, 5.41) is 9.10. The van der Waals surface area contributed by atoms with Gasteiger partial charge in [0.2, 0.25) is 0 Å². The number of halogens is 1. The molecule has 0 amide bonds. The molecule has 1 N–H and O–H groups in total. The molecule has 1 aliphatic heterocycles. The lowest BCUT2D eigenvalue weighted by molar-refractivity contribution is -0.136. The highest BCUT2D eigenvalue weighted by Gasteiger charge is 2.49. The van der Waals surface area contributed by atoms with Gasteiger partial charge in [0, 0.05) is 35.0 Å². The van der Waals surface area contributed by atoms with Gasteiger partial charge >= 0.3 is 5.97 Å². The van der Waals surface area contributed by atoms with Crippen LogP contribution in [0.15, 0.2) is 30.7 Å². The largest absolute Gasteiger partial charge is 0.481 e. The van der Waals surface area contributed by atoms with Gasteiger partial charge in [0.15, 0.2) is 0 Å². The SMILES string of the molecule is O=C(O)Cc1cncnc1N1CC2(CCC2)c2c(F)cccc21. The van der Waals surface area contributed by atoms with Crippen LogP contribution in [0.25, 0.3) is 0 Å². The Balaban J connectivity index is 1.84. The number of carboxylic acid groups (broad SMARTS) is 1. The molecular formula is C17H16FN3O2. The number of rotatable bonds is 3. The van der Waals surface area contributed by atoms with Gasteiger partial charge in [-0.1, -0.05) is 12.5 Å². The molecule has 2 aromatic rings. The predicted octanol–water partition coefficient (Wildman–Crippen LogP) is 2.82. The van der Waals surface area contributed by atoms with Crippen LogP contribution in [0.4, 0.5) is 15.9 Å². The molecule has 1 saturated carbocycles. The molecule has 0 bridgehead atoms. The van der Waals surface area contributed by atoms with Crippen LogP contribution in [0, 0.1) is 5.82 Å². The molecule has 0 atom stereocenters. The van der Waals surface area contributed by atoms with E-state index in [-0.39, 0.29) is 17.7 Å². The molecular weight excluding hydrogens is 297 g/mol. The zero-order valence-corrected chi connectivity index (χ0v) is 12.5. The molecule has 5 nitrogen and oxygen atoms in total. The lowest BCUT2D eigenvalue weighted by Crippen LogP contribution is -2.39. The Hall–Kier alpha value is -2.50. The summed E-state index contributed by atoms with van der Waals surface area (Å²) >= 11 is 0. The first-order valence-corrected chi connectivity index (χ1v) is 7.68. The van der Waals surface area contributed by atoms with Crippen molar-refractivity contribution < 1.29 is 14.3 Å². The number of benzene rings is 1. The Bertz CT molecular complexity index is 789. The van der Waals surface area contributed by atoms with E-state index in [2.05, 4.69) is 9.97 Å². The molecule has 0 saturated heterocycles. The van der Waals surface area contributed by atoms with Gasteiger partial charge in [-0.2, -0.15) is 0 Å². The predicted molar refractivity (Wildman–Crippen MR) is 82.3 cm³/mol. The summed E-state index contributed by atoms with van der Waals surface area (Å²) in [4.78, 5) is 21.3. The molecule has 118 valence electrons. The van der Waals surface area contributed by atoms with E-state index in [0.29, 0.717) is 17.9 Å². The van der Waals surface area contributed by atoms with Crippen molar-refractivity contribution in [3.05, 3.63) is 47.7 Å². The average Bonchev–Trinajstić information content (AvgIpc) is 2.84. The fourth-order valence-corrected chi connectivity index (χ4v) is 3.81. The van der Waals surface area contributed by atoms with Crippen molar-refractivity contribution >= 4 is 17.5 Å². The Morgan fingerprint density at radius 1 is 1.39 bits per heavy atom. The van der Waals surface area contributed by atoms with Crippen molar-refractivity contribution in [1.82, 2.24) is 9.97 Å². The smallest absolute Gasteiger partial charge is 0.308 e. The monoisotopic (exact) mass is 313 g/mol. The third-order valence-electron chi connectivity index (χ3n) is 4.95. The highest BCUT2D eigenvalue weighted by molar-refractivity contribution is 5.77. The van der Waals surface area contributed by atoms with Gasteiger partial charge in [0.25, 0.3) is 0 Å². The second-order valence-corrected chi connectivity index (χ2v) is 6.30. The van der Waals surface area contributed by atoms with Crippen molar-refractivity contribution in [3.8, 4) is 0 Å². The first kappa shape index (κ1) is 14.1. The van der Waals surface area contributed by atoms with E-state index in [1.165, 1.54) is 18.6 Å². The van der Waals surface area contributed by atoms with Crippen molar-refractivity contribution in [1.29, 1.82) is 0 Å². The summed E-state index contributed by atoms with van der Waals surface area (Å²) in [5.74, 6) is -0.547. The van der Waals surface area contributed by atoms with Crippen molar-refractivity contribution in [2.75, 3.05) is 11.4 Å². The van der Waals surface area contributed by atoms with E-state index >= 15 is 0 Å². The second-order valence-electron chi connectivity index (χ2n) is 6.30. The fourth-order valence-electron chi connectivity index (χ4n) is 3.81. The minimum absolute atomic E-state index is 0.148. The van der Waals surface area contributed by atoms with Crippen LogP contribution in [0.1, 0.15) is 30.4 Å². The quantitative estimate of drug-likeness (QED) is 0.944. The molecule has 2 aliphatic rings. The maximum Gasteiger partial charge on any atom is 0.308 e. The van der Waals surface area contributed by atoms with Crippen LogP contribution in [-0.4, -0.2) is 27.6 Å². The summed E-state index contributed by atoms with van der Waals surface area (Å²) in [6.45, 7) is 0.646. The lowest BCUT2D eigenvalue weighted by atomic mass is 9.65. The van der Waals surface area contributed by atoms with Crippen LogP contribution in [0.2, 0.25) is 0 Å². The highest BCUT2D eigenvalue weighted by Crippen LogP contribution is 2.55. The summed E-state index contributed by atoms with van der Waals surface area (Å²) in [6.07, 6.45) is 5.79. The normalized spacial score (nSPS) is 17.9. The number of nitrogens with zero attached hydrogens (tertiary/aromatic N) is 3. The molecule has 1 aromatic heterocycles. The van der Waals surface area contributed by atoms with Gasteiger partial charge in [-0.25, -0.2) is 14.4 Å². The number of aliphatic carboxylic acids is 1. The first-order valence-electron chi connectivity index (χ1n) is 7.68. The van der Waals surface area contributed by atoms with Crippen molar-refractivity contribution in [2.45, 2.75) is 31.1 Å². The Kier molecular flexibility index (Phi) is 3.07.